The molecule has 2 heterocycles. The third kappa shape index (κ3) is 3.36. The third-order valence-electron chi connectivity index (χ3n) is 4.37. The Balaban J connectivity index is 2.11. The van der Waals surface area contributed by atoms with E-state index in [4.69, 9.17) is 9.15 Å². The summed E-state index contributed by atoms with van der Waals surface area (Å²) < 4.78 is 11.4. The van der Waals surface area contributed by atoms with Gasteiger partial charge in [-0.3, -0.25) is 9.59 Å². The number of aliphatic hydroxyl groups excluding tert-OH is 1. The number of benzene rings is 1. The maximum absolute atomic E-state index is 12.7. The van der Waals surface area contributed by atoms with E-state index in [9.17, 15) is 14.7 Å². The second-order valence-corrected chi connectivity index (χ2v) is 6.42. The Hall–Kier alpha value is -2.64. The maximum atomic E-state index is 12.7. The first-order valence-electron chi connectivity index (χ1n) is 8.38. The van der Waals surface area contributed by atoms with E-state index in [1.165, 1.54) is 11.0 Å². The summed E-state index contributed by atoms with van der Waals surface area (Å²) in [6, 6.07) is 4.63. The number of carbonyl (C=O) groups excluding carboxylic acids is 1. The molecule has 1 fully saturated rings. The molecule has 0 spiro atoms. The van der Waals surface area contributed by atoms with Crippen molar-refractivity contribution in [2.24, 2.45) is 0 Å². The zero-order valence-electron chi connectivity index (χ0n) is 14.9. The largest absolute Gasteiger partial charge is 0.440 e. The molecule has 1 aromatic carbocycles. The number of morpholine rings is 1. The van der Waals surface area contributed by atoms with Crippen LogP contribution in [0.15, 0.2) is 34.0 Å². The van der Waals surface area contributed by atoms with E-state index in [-0.39, 0.29) is 24.0 Å². The Morgan fingerprint density at radius 1 is 1.42 bits per heavy atom. The van der Waals surface area contributed by atoms with Crippen molar-refractivity contribution in [3.63, 3.8) is 0 Å². The fourth-order valence-electron chi connectivity index (χ4n) is 2.99. The lowest BCUT2D eigenvalue weighted by atomic mass is 10.0. The van der Waals surface area contributed by atoms with Crippen molar-refractivity contribution in [3.8, 4) is 0 Å². The van der Waals surface area contributed by atoms with Crippen LogP contribution in [0.2, 0.25) is 0 Å². The van der Waals surface area contributed by atoms with Crippen molar-refractivity contribution in [2.45, 2.75) is 6.10 Å². The maximum Gasteiger partial charge on any atom is 0.253 e. The summed E-state index contributed by atoms with van der Waals surface area (Å²) in [5.74, 6) is 0.219. The Morgan fingerprint density at radius 2 is 2.19 bits per heavy atom. The zero-order chi connectivity index (χ0) is 18.8. The second kappa shape index (κ2) is 7.31. The summed E-state index contributed by atoms with van der Waals surface area (Å²) in [5.41, 5.74) is 1.15. The lowest BCUT2D eigenvalue weighted by molar-refractivity contribution is 0.00256. The molecule has 7 nitrogen and oxygen atoms in total. The molecule has 26 heavy (non-hydrogen) atoms. The van der Waals surface area contributed by atoms with Crippen LogP contribution < -0.4 is 10.3 Å². The lowest BCUT2D eigenvalue weighted by Crippen LogP contribution is -2.44. The average Bonchev–Trinajstić information content (AvgIpc) is 2.66. The van der Waals surface area contributed by atoms with Gasteiger partial charge in [-0.25, -0.2) is 0 Å². The molecule has 7 heteroatoms. The number of amides is 1. The monoisotopic (exact) mass is 358 g/mol. The van der Waals surface area contributed by atoms with Gasteiger partial charge in [0.15, 0.2) is 11.3 Å². The number of aliphatic hydroxyl groups is 1. The van der Waals surface area contributed by atoms with E-state index in [0.29, 0.717) is 47.7 Å². The number of nitrogens with zero attached hydrogens (tertiary/aromatic N) is 2. The molecule has 1 aromatic heterocycles. The number of ether oxygens (including phenoxy) is 1. The minimum Gasteiger partial charge on any atom is -0.440 e. The molecule has 0 saturated carbocycles. The van der Waals surface area contributed by atoms with Gasteiger partial charge in [0.2, 0.25) is 0 Å². The van der Waals surface area contributed by atoms with Gasteiger partial charge in [-0.1, -0.05) is 12.7 Å². The van der Waals surface area contributed by atoms with Crippen molar-refractivity contribution in [2.75, 3.05) is 45.3 Å². The van der Waals surface area contributed by atoms with Gasteiger partial charge in [0.1, 0.15) is 5.58 Å². The van der Waals surface area contributed by atoms with Crippen molar-refractivity contribution >= 4 is 28.8 Å². The van der Waals surface area contributed by atoms with Gasteiger partial charge in [-0.15, -0.1) is 0 Å². The summed E-state index contributed by atoms with van der Waals surface area (Å²) in [5, 5.41) is 9.63. The molecule has 0 unspecified atom stereocenters. The Kier molecular flexibility index (Phi) is 5.11. The van der Waals surface area contributed by atoms with Crippen LogP contribution in [0, 0.1) is 0 Å². The Labute approximate surface area is 151 Å². The first kappa shape index (κ1) is 18.2. The molecule has 0 radical (unpaired) electrons. The molecule has 0 bridgehead atoms. The predicted octanol–water partition coefficient (Wildman–Crippen LogP) is 1.34. The lowest BCUT2D eigenvalue weighted by Gasteiger charge is -2.32. The number of hydrogen-bond acceptors (Lipinski definition) is 6. The highest BCUT2D eigenvalue weighted by atomic mass is 16.5. The van der Waals surface area contributed by atoms with Gasteiger partial charge >= 0.3 is 0 Å². The first-order chi connectivity index (χ1) is 12.4. The van der Waals surface area contributed by atoms with Crippen molar-refractivity contribution < 1.29 is 19.1 Å². The van der Waals surface area contributed by atoms with Crippen molar-refractivity contribution in [1.29, 1.82) is 0 Å². The highest BCUT2D eigenvalue weighted by molar-refractivity contribution is 5.99. The van der Waals surface area contributed by atoms with Gasteiger partial charge in [-0.2, -0.15) is 0 Å². The van der Waals surface area contributed by atoms with E-state index in [2.05, 4.69) is 6.58 Å². The van der Waals surface area contributed by atoms with Crippen LogP contribution in [0.3, 0.4) is 0 Å². The van der Waals surface area contributed by atoms with Crippen LogP contribution in [-0.2, 0) is 4.74 Å². The standard InChI is InChI=1S/C19H22N2O5/c1-4-12-7-13(19(24)20(2)3)8-15-16(23)9-17(26-18(12)15)21-5-6-25-14(10-21)11-22/h4,7-9,14,22H,1,5-6,10-11H2,2-3H3/t14-/m0/s1. The molecule has 1 saturated heterocycles. The normalized spacial score (nSPS) is 17.3. The van der Waals surface area contributed by atoms with Gasteiger partial charge in [-0.05, 0) is 12.1 Å². The van der Waals surface area contributed by atoms with Gasteiger partial charge in [0.25, 0.3) is 5.91 Å². The zero-order valence-corrected chi connectivity index (χ0v) is 14.9. The average molecular weight is 358 g/mol. The fraction of sp³-hybridized carbons (Fsp3) is 0.368. The molecular weight excluding hydrogens is 336 g/mol. The van der Waals surface area contributed by atoms with Crippen LogP contribution in [0.25, 0.3) is 17.0 Å². The number of rotatable bonds is 4. The van der Waals surface area contributed by atoms with Gasteiger partial charge in [0.05, 0.1) is 24.7 Å². The van der Waals surface area contributed by atoms with Crippen molar-refractivity contribution in [1.82, 2.24) is 4.90 Å². The molecular formula is C19H22N2O5. The molecule has 1 atom stereocenters. The quantitative estimate of drug-likeness (QED) is 0.888. The van der Waals surface area contributed by atoms with Crippen LogP contribution >= 0.6 is 0 Å². The number of carbonyl (C=O) groups is 1. The Morgan fingerprint density at radius 3 is 2.85 bits per heavy atom. The highest BCUT2D eigenvalue weighted by Crippen LogP contribution is 2.26. The molecule has 0 aliphatic carbocycles. The topological polar surface area (TPSA) is 83.2 Å². The number of anilines is 1. The predicted molar refractivity (Wildman–Crippen MR) is 99.6 cm³/mol. The molecule has 2 aromatic rings. The minimum absolute atomic E-state index is 0.0950. The summed E-state index contributed by atoms with van der Waals surface area (Å²) >= 11 is 0. The smallest absolute Gasteiger partial charge is 0.253 e. The van der Waals surface area contributed by atoms with E-state index in [1.807, 2.05) is 4.90 Å². The fourth-order valence-corrected chi connectivity index (χ4v) is 2.99. The summed E-state index contributed by atoms with van der Waals surface area (Å²) in [4.78, 5) is 28.3. The van der Waals surface area contributed by atoms with E-state index < -0.39 is 0 Å². The Bertz CT molecular complexity index is 903. The van der Waals surface area contributed by atoms with E-state index >= 15 is 0 Å². The molecule has 1 aliphatic heterocycles. The van der Waals surface area contributed by atoms with Crippen LogP contribution in [0.4, 0.5) is 5.88 Å². The minimum atomic E-state index is -0.316. The number of hydrogen-bond donors (Lipinski definition) is 1. The van der Waals surface area contributed by atoms with Crippen LogP contribution in [0.1, 0.15) is 15.9 Å². The van der Waals surface area contributed by atoms with Gasteiger partial charge < -0.3 is 24.1 Å². The highest BCUT2D eigenvalue weighted by Gasteiger charge is 2.23. The van der Waals surface area contributed by atoms with Crippen LogP contribution in [0.5, 0.6) is 0 Å². The van der Waals surface area contributed by atoms with Gasteiger partial charge in [0, 0.05) is 44.4 Å². The van der Waals surface area contributed by atoms with Crippen LogP contribution in [-0.4, -0.2) is 62.4 Å². The summed E-state index contributed by atoms with van der Waals surface area (Å²) in [7, 11) is 3.31. The second-order valence-electron chi connectivity index (χ2n) is 6.42. The summed E-state index contributed by atoms with van der Waals surface area (Å²) in [6.07, 6.45) is 1.25. The van der Waals surface area contributed by atoms with E-state index in [1.54, 1.807) is 32.3 Å². The van der Waals surface area contributed by atoms with Crippen molar-refractivity contribution in [3.05, 3.63) is 46.1 Å². The molecule has 138 valence electrons. The molecule has 1 aliphatic rings. The van der Waals surface area contributed by atoms with E-state index in [0.717, 1.165) is 0 Å². The number of fused-ring (bicyclic) bond motifs is 1. The third-order valence-corrected chi connectivity index (χ3v) is 4.37. The molecule has 1 N–H and O–H groups in total. The molecule has 3 rings (SSSR count). The SMILES string of the molecule is C=Cc1cc(C(=O)N(C)C)cc2c(=O)cc(N3CCO[C@H](CO)C3)oc12. The summed E-state index contributed by atoms with van der Waals surface area (Å²) in [6.45, 7) is 5.11. The first-order valence-corrected chi connectivity index (χ1v) is 8.38. The molecule has 1 amide bonds.